The Labute approximate surface area is 141 Å². The molecule has 0 bridgehead atoms. The summed E-state index contributed by atoms with van der Waals surface area (Å²) in [5.74, 6) is 0. The summed E-state index contributed by atoms with van der Waals surface area (Å²) in [4.78, 5) is 0. The first kappa shape index (κ1) is 18.8. The summed E-state index contributed by atoms with van der Waals surface area (Å²) < 4.78 is 28.6. The van der Waals surface area contributed by atoms with Gasteiger partial charge in [0.2, 0.25) is 0 Å². The van der Waals surface area contributed by atoms with Crippen molar-refractivity contribution in [1.82, 2.24) is 0 Å². The molecule has 0 atom stereocenters. The standard InChI is InChI=1S/C17H21O6P/c18-17(19)11-12-21-24(20,22-13-15-7-3-1-4-8-15)23-14-16-9-5-2-6-10-16/h1-10,17-19H,11-14H2. The van der Waals surface area contributed by atoms with Crippen molar-refractivity contribution in [1.29, 1.82) is 0 Å². The van der Waals surface area contributed by atoms with Crippen molar-refractivity contribution in [2.75, 3.05) is 6.61 Å². The summed E-state index contributed by atoms with van der Waals surface area (Å²) in [6, 6.07) is 18.4. The van der Waals surface area contributed by atoms with Crippen LogP contribution in [0.1, 0.15) is 17.5 Å². The van der Waals surface area contributed by atoms with Crippen LogP contribution < -0.4 is 0 Å². The van der Waals surface area contributed by atoms with E-state index in [2.05, 4.69) is 0 Å². The predicted octanol–water partition coefficient (Wildman–Crippen LogP) is 3.25. The lowest BCUT2D eigenvalue weighted by Crippen LogP contribution is -2.09. The number of aliphatic hydroxyl groups excluding tert-OH is 1. The third-order valence-electron chi connectivity index (χ3n) is 3.09. The van der Waals surface area contributed by atoms with Crippen LogP contribution in [-0.2, 0) is 31.4 Å². The minimum absolute atomic E-state index is 0.0641. The molecular weight excluding hydrogens is 331 g/mol. The number of rotatable bonds is 10. The van der Waals surface area contributed by atoms with E-state index in [4.69, 9.17) is 23.8 Å². The van der Waals surface area contributed by atoms with Gasteiger partial charge in [-0.1, -0.05) is 60.7 Å². The SMILES string of the molecule is O=P(OCCC(O)O)(OCc1ccccc1)OCc1ccccc1. The first-order chi connectivity index (χ1) is 11.6. The van der Waals surface area contributed by atoms with Gasteiger partial charge in [0, 0.05) is 6.42 Å². The first-order valence-electron chi connectivity index (χ1n) is 7.55. The van der Waals surface area contributed by atoms with Gasteiger partial charge in [-0.2, -0.15) is 0 Å². The third-order valence-corrected chi connectivity index (χ3v) is 4.48. The molecule has 0 saturated carbocycles. The number of benzene rings is 2. The minimum Gasteiger partial charge on any atom is -0.368 e. The second-order valence-corrected chi connectivity index (χ2v) is 6.74. The Bertz CT molecular complexity index is 585. The van der Waals surface area contributed by atoms with Crippen LogP contribution in [0.15, 0.2) is 60.7 Å². The summed E-state index contributed by atoms with van der Waals surface area (Å²) >= 11 is 0. The van der Waals surface area contributed by atoms with Gasteiger partial charge in [-0.3, -0.25) is 13.6 Å². The van der Waals surface area contributed by atoms with Gasteiger partial charge in [0.05, 0.1) is 19.8 Å². The lowest BCUT2D eigenvalue weighted by molar-refractivity contribution is -0.0546. The normalized spacial score (nSPS) is 11.8. The summed E-state index contributed by atoms with van der Waals surface area (Å²) in [5, 5.41) is 17.7. The highest BCUT2D eigenvalue weighted by Gasteiger charge is 2.27. The summed E-state index contributed by atoms with van der Waals surface area (Å²) in [7, 11) is -3.83. The fourth-order valence-corrected chi connectivity index (χ4v) is 3.00. The van der Waals surface area contributed by atoms with Crippen LogP contribution >= 0.6 is 7.82 Å². The van der Waals surface area contributed by atoms with Crippen LogP contribution in [0.2, 0.25) is 0 Å². The van der Waals surface area contributed by atoms with Crippen LogP contribution in [0, 0.1) is 0 Å². The van der Waals surface area contributed by atoms with Crippen molar-refractivity contribution in [3.63, 3.8) is 0 Å². The van der Waals surface area contributed by atoms with Gasteiger partial charge in [0.15, 0.2) is 6.29 Å². The van der Waals surface area contributed by atoms with Gasteiger partial charge in [-0.05, 0) is 11.1 Å². The second-order valence-electron chi connectivity index (χ2n) is 5.07. The Hall–Kier alpha value is -1.53. The lowest BCUT2D eigenvalue weighted by Gasteiger charge is -2.18. The zero-order valence-electron chi connectivity index (χ0n) is 13.2. The summed E-state index contributed by atoms with van der Waals surface area (Å²) in [6.45, 7) is -0.0261. The van der Waals surface area contributed by atoms with Crippen LogP contribution in [0.25, 0.3) is 0 Å². The molecule has 0 heterocycles. The molecule has 0 aromatic heterocycles. The second kappa shape index (κ2) is 9.69. The van der Waals surface area contributed by atoms with Gasteiger partial charge in [-0.15, -0.1) is 0 Å². The molecule has 2 rings (SSSR count). The average molecular weight is 352 g/mol. The Balaban J connectivity index is 1.95. The van der Waals surface area contributed by atoms with E-state index in [1.807, 2.05) is 60.7 Å². The average Bonchev–Trinajstić information content (AvgIpc) is 2.60. The maximum absolute atomic E-state index is 12.7. The maximum Gasteiger partial charge on any atom is 0.475 e. The molecule has 130 valence electrons. The largest absolute Gasteiger partial charge is 0.475 e. The van der Waals surface area contributed by atoms with Crippen molar-refractivity contribution < 1.29 is 28.3 Å². The van der Waals surface area contributed by atoms with E-state index in [9.17, 15) is 4.57 Å². The van der Waals surface area contributed by atoms with Crippen molar-refractivity contribution >= 4 is 7.82 Å². The zero-order chi connectivity index (χ0) is 17.3. The van der Waals surface area contributed by atoms with Crippen molar-refractivity contribution in [2.45, 2.75) is 25.9 Å². The molecule has 0 fully saturated rings. The maximum atomic E-state index is 12.7. The molecule has 0 spiro atoms. The lowest BCUT2D eigenvalue weighted by atomic mass is 10.2. The zero-order valence-corrected chi connectivity index (χ0v) is 14.0. The Morgan fingerprint density at radius 3 is 1.67 bits per heavy atom. The molecule has 7 heteroatoms. The Kier molecular flexibility index (Phi) is 7.59. The molecule has 2 aromatic carbocycles. The topological polar surface area (TPSA) is 85.2 Å². The van der Waals surface area contributed by atoms with Crippen LogP contribution in [-0.4, -0.2) is 23.1 Å². The molecular formula is C17H21O6P. The highest BCUT2D eigenvalue weighted by molar-refractivity contribution is 7.48. The van der Waals surface area contributed by atoms with Crippen LogP contribution in [0.5, 0.6) is 0 Å². The molecule has 0 amide bonds. The third kappa shape index (κ3) is 6.93. The van der Waals surface area contributed by atoms with E-state index in [1.54, 1.807) is 0 Å². The van der Waals surface area contributed by atoms with E-state index in [0.29, 0.717) is 0 Å². The van der Waals surface area contributed by atoms with Gasteiger partial charge < -0.3 is 10.2 Å². The van der Waals surface area contributed by atoms with Gasteiger partial charge in [0.25, 0.3) is 0 Å². The fraction of sp³-hybridized carbons (Fsp3) is 0.294. The van der Waals surface area contributed by atoms with Crippen LogP contribution in [0.3, 0.4) is 0 Å². The van der Waals surface area contributed by atoms with Gasteiger partial charge >= 0.3 is 7.82 Å². The number of phosphoric ester groups is 1. The summed E-state index contributed by atoms with van der Waals surface area (Å²) in [5.41, 5.74) is 1.65. The van der Waals surface area contributed by atoms with Crippen LogP contribution in [0.4, 0.5) is 0 Å². The Morgan fingerprint density at radius 1 is 0.792 bits per heavy atom. The van der Waals surface area contributed by atoms with E-state index >= 15 is 0 Å². The molecule has 0 aliphatic rings. The molecule has 0 saturated heterocycles. The molecule has 0 aliphatic carbocycles. The molecule has 0 aliphatic heterocycles. The predicted molar refractivity (Wildman–Crippen MR) is 88.9 cm³/mol. The molecule has 0 radical (unpaired) electrons. The monoisotopic (exact) mass is 352 g/mol. The van der Waals surface area contributed by atoms with Gasteiger partial charge in [0.1, 0.15) is 0 Å². The quantitative estimate of drug-likeness (QED) is 0.504. The minimum atomic E-state index is -3.83. The number of aliphatic hydroxyl groups is 2. The highest BCUT2D eigenvalue weighted by Crippen LogP contribution is 2.51. The van der Waals surface area contributed by atoms with E-state index in [1.165, 1.54) is 0 Å². The molecule has 2 aromatic rings. The molecule has 2 N–H and O–H groups in total. The van der Waals surface area contributed by atoms with E-state index in [0.717, 1.165) is 11.1 Å². The number of hydrogen-bond donors (Lipinski definition) is 2. The molecule has 24 heavy (non-hydrogen) atoms. The molecule has 0 unspecified atom stereocenters. The molecule has 6 nitrogen and oxygen atoms in total. The van der Waals surface area contributed by atoms with Gasteiger partial charge in [-0.25, -0.2) is 4.57 Å². The first-order valence-corrected chi connectivity index (χ1v) is 9.01. The number of hydrogen-bond acceptors (Lipinski definition) is 6. The highest BCUT2D eigenvalue weighted by atomic mass is 31.2. The summed E-state index contributed by atoms with van der Waals surface area (Å²) in [6.07, 6.45) is -1.63. The van der Waals surface area contributed by atoms with E-state index < -0.39 is 14.1 Å². The number of phosphoric acid groups is 1. The van der Waals surface area contributed by atoms with E-state index in [-0.39, 0.29) is 26.2 Å². The van der Waals surface area contributed by atoms with Crippen molar-refractivity contribution in [2.24, 2.45) is 0 Å². The van der Waals surface area contributed by atoms with Crippen molar-refractivity contribution in [3.8, 4) is 0 Å². The Morgan fingerprint density at radius 2 is 1.25 bits per heavy atom. The fourth-order valence-electron chi connectivity index (χ4n) is 1.84. The van der Waals surface area contributed by atoms with Crippen molar-refractivity contribution in [3.05, 3.63) is 71.8 Å². The smallest absolute Gasteiger partial charge is 0.368 e.